The van der Waals surface area contributed by atoms with Gasteiger partial charge in [-0.25, -0.2) is 9.78 Å². The zero-order chi connectivity index (χ0) is 21.8. The molecule has 0 unspecified atom stereocenters. The van der Waals surface area contributed by atoms with Crippen LogP contribution in [0.15, 0.2) is 84.9 Å². The number of anilines is 1. The van der Waals surface area contributed by atoms with Gasteiger partial charge < -0.3 is 10.1 Å². The number of hydrogen-bond donors (Lipinski definition) is 1. The summed E-state index contributed by atoms with van der Waals surface area (Å²) in [5, 5.41) is 3.79. The minimum absolute atomic E-state index is 0.152. The van der Waals surface area contributed by atoms with Gasteiger partial charge in [0.1, 0.15) is 5.69 Å². The van der Waals surface area contributed by atoms with Crippen molar-refractivity contribution < 1.29 is 14.3 Å². The van der Waals surface area contributed by atoms with Crippen LogP contribution in [0.3, 0.4) is 0 Å². The fourth-order valence-electron chi connectivity index (χ4n) is 3.50. The number of nitrogens with zero attached hydrogens (tertiary/aromatic N) is 1. The Morgan fingerprint density at radius 1 is 0.839 bits per heavy atom. The molecule has 31 heavy (non-hydrogen) atoms. The van der Waals surface area contributed by atoms with Crippen LogP contribution in [0, 0.1) is 13.8 Å². The van der Waals surface area contributed by atoms with Crippen LogP contribution in [0.2, 0.25) is 0 Å². The van der Waals surface area contributed by atoms with Crippen LogP contribution in [-0.2, 0) is 9.53 Å². The van der Waals surface area contributed by atoms with Crippen molar-refractivity contribution >= 4 is 28.5 Å². The Balaban J connectivity index is 1.61. The Morgan fingerprint density at radius 3 is 2.26 bits per heavy atom. The van der Waals surface area contributed by atoms with E-state index in [4.69, 9.17) is 4.74 Å². The van der Waals surface area contributed by atoms with Crippen LogP contribution in [0.5, 0.6) is 0 Å². The Labute approximate surface area is 180 Å². The molecule has 3 aromatic carbocycles. The van der Waals surface area contributed by atoms with Crippen molar-refractivity contribution in [1.29, 1.82) is 0 Å². The summed E-state index contributed by atoms with van der Waals surface area (Å²) in [5.74, 6) is -1.08. The second kappa shape index (κ2) is 8.79. The van der Waals surface area contributed by atoms with E-state index in [0.29, 0.717) is 16.8 Å². The van der Waals surface area contributed by atoms with Gasteiger partial charge in [0, 0.05) is 16.6 Å². The first-order valence-electron chi connectivity index (χ1n) is 10.0. The van der Waals surface area contributed by atoms with Crippen molar-refractivity contribution in [2.24, 2.45) is 0 Å². The van der Waals surface area contributed by atoms with E-state index in [1.165, 1.54) is 0 Å². The number of aromatic nitrogens is 1. The number of pyridine rings is 1. The van der Waals surface area contributed by atoms with Crippen molar-refractivity contribution in [2.75, 3.05) is 5.32 Å². The molecule has 4 aromatic rings. The maximum absolute atomic E-state index is 13.1. The van der Waals surface area contributed by atoms with Crippen molar-refractivity contribution in [2.45, 2.75) is 20.0 Å². The number of ether oxygens (including phenoxy) is 1. The van der Waals surface area contributed by atoms with Gasteiger partial charge in [-0.15, -0.1) is 0 Å². The highest BCUT2D eigenvalue weighted by atomic mass is 16.5. The molecule has 5 heteroatoms. The molecule has 4 rings (SSSR count). The second-order valence-electron chi connectivity index (χ2n) is 7.45. The van der Waals surface area contributed by atoms with E-state index in [2.05, 4.69) is 10.3 Å². The summed E-state index contributed by atoms with van der Waals surface area (Å²) in [6.45, 7) is 3.92. The Hall–Kier alpha value is -3.99. The van der Waals surface area contributed by atoms with Crippen molar-refractivity contribution in [1.82, 2.24) is 4.98 Å². The van der Waals surface area contributed by atoms with E-state index in [-0.39, 0.29) is 5.69 Å². The van der Waals surface area contributed by atoms with Gasteiger partial charge in [0.05, 0.1) is 5.52 Å². The van der Waals surface area contributed by atoms with Gasteiger partial charge in [-0.2, -0.15) is 0 Å². The summed E-state index contributed by atoms with van der Waals surface area (Å²) in [6.07, 6.45) is -1.11. The molecule has 0 fully saturated rings. The summed E-state index contributed by atoms with van der Waals surface area (Å²) in [6, 6.07) is 25.7. The van der Waals surface area contributed by atoms with Crippen LogP contribution in [0.1, 0.15) is 33.3 Å². The number of benzene rings is 3. The van der Waals surface area contributed by atoms with Gasteiger partial charge in [0.15, 0.2) is 0 Å². The molecule has 1 atom stereocenters. The third-order valence-electron chi connectivity index (χ3n) is 4.86. The molecular formula is C26H22N2O3. The summed E-state index contributed by atoms with van der Waals surface area (Å²) in [7, 11) is 0. The minimum atomic E-state index is -1.11. The van der Waals surface area contributed by atoms with E-state index < -0.39 is 18.0 Å². The topological polar surface area (TPSA) is 68.3 Å². The lowest BCUT2D eigenvalue weighted by atomic mass is 10.1. The molecule has 1 N–H and O–H groups in total. The number of hydrogen-bond acceptors (Lipinski definition) is 4. The highest BCUT2D eigenvalue weighted by Crippen LogP contribution is 2.23. The highest BCUT2D eigenvalue weighted by molar-refractivity contribution is 5.98. The fraction of sp³-hybridized carbons (Fsp3) is 0.115. The predicted molar refractivity (Wildman–Crippen MR) is 121 cm³/mol. The molecule has 0 bridgehead atoms. The van der Waals surface area contributed by atoms with Crippen LogP contribution in [-0.4, -0.2) is 16.9 Å². The lowest BCUT2D eigenvalue weighted by Crippen LogP contribution is -2.26. The molecule has 0 aliphatic heterocycles. The fourth-order valence-corrected chi connectivity index (χ4v) is 3.50. The van der Waals surface area contributed by atoms with Gasteiger partial charge in [-0.1, -0.05) is 60.7 Å². The number of nitrogens with one attached hydrogen (secondary N) is 1. The first-order valence-corrected chi connectivity index (χ1v) is 10.0. The molecule has 0 radical (unpaired) electrons. The molecule has 1 aromatic heterocycles. The summed E-state index contributed by atoms with van der Waals surface area (Å²) in [5.41, 5.74) is 4.14. The van der Waals surface area contributed by atoms with Gasteiger partial charge in [-0.05, 0) is 49.2 Å². The number of fused-ring (bicyclic) bond motifs is 1. The first kappa shape index (κ1) is 20.3. The number of carbonyl (C=O) groups is 2. The van der Waals surface area contributed by atoms with Crippen molar-refractivity contribution in [3.63, 3.8) is 0 Å². The van der Waals surface area contributed by atoms with E-state index in [9.17, 15) is 9.59 Å². The number of carbonyl (C=O) groups excluding carboxylic acids is 2. The van der Waals surface area contributed by atoms with E-state index in [1.54, 1.807) is 30.3 Å². The molecule has 0 spiro atoms. The molecule has 5 nitrogen and oxygen atoms in total. The SMILES string of the molecule is Cc1cc(C)cc(NC(=O)[C@@H](OC(=O)c2ccc3ccccc3n2)c2ccccc2)c1. The molecular weight excluding hydrogens is 388 g/mol. The number of amides is 1. The normalized spacial score (nSPS) is 11.7. The maximum atomic E-state index is 13.1. The Bertz CT molecular complexity index is 1230. The predicted octanol–water partition coefficient (Wildman–Crippen LogP) is 5.39. The smallest absolute Gasteiger partial charge is 0.358 e. The summed E-state index contributed by atoms with van der Waals surface area (Å²) < 4.78 is 5.65. The molecule has 1 heterocycles. The second-order valence-corrected chi connectivity index (χ2v) is 7.45. The minimum Gasteiger partial charge on any atom is -0.443 e. The zero-order valence-electron chi connectivity index (χ0n) is 17.3. The van der Waals surface area contributed by atoms with Crippen LogP contribution in [0.25, 0.3) is 10.9 Å². The average Bonchev–Trinajstić information content (AvgIpc) is 2.76. The maximum Gasteiger partial charge on any atom is 0.358 e. The highest BCUT2D eigenvalue weighted by Gasteiger charge is 2.26. The van der Waals surface area contributed by atoms with Crippen LogP contribution >= 0.6 is 0 Å². The Kier molecular flexibility index (Phi) is 5.76. The molecule has 0 aliphatic carbocycles. The zero-order valence-corrected chi connectivity index (χ0v) is 17.3. The third kappa shape index (κ3) is 4.78. The standard InChI is InChI=1S/C26H22N2O3/c1-17-14-18(2)16-21(15-17)27-25(29)24(20-9-4-3-5-10-20)31-26(30)23-13-12-19-8-6-7-11-22(19)28-23/h3-16,24H,1-2H3,(H,27,29)/t24-/m0/s1. The van der Waals surface area contributed by atoms with Gasteiger partial charge >= 0.3 is 5.97 Å². The molecule has 0 saturated carbocycles. The lowest BCUT2D eigenvalue weighted by molar-refractivity contribution is -0.125. The van der Waals surface area contributed by atoms with E-state index in [1.807, 2.05) is 68.4 Å². The third-order valence-corrected chi connectivity index (χ3v) is 4.86. The monoisotopic (exact) mass is 410 g/mol. The van der Waals surface area contributed by atoms with Crippen LogP contribution in [0.4, 0.5) is 5.69 Å². The number of rotatable bonds is 5. The molecule has 0 saturated heterocycles. The number of aryl methyl sites for hydroxylation is 2. The molecule has 1 amide bonds. The Morgan fingerprint density at radius 2 is 1.52 bits per heavy atom. The van der Waals surface area contributed by atoms with Gasteiger partial charge in [0.2, 0.25) is 6.10 Å². The largest absolute Gasteiger partial charge is 0.443 e. The molecule has 0 aliphatic rings. The van der Waals surface area contributed by atoms with Crippen LogP contribution < -0.4 is 5.32 Å². The number of para-hydroxylation sites is 1. The van der Waals surface area contributed by atoms with E-state index >= 15 is 0 Å². The summed E-state index contributed by atoms with van der Waals surface area (Å²) in [4.78, 5) is 30.4. The first-order chi connectivity index (χ1) is 15.0. The lowest BCUT2D eigenvalue weighted by Gasteiger charge is -2.18. The average molecular weight is 410 g/mol. The van der Waals surface area contributed by atoms with E-state index in [0.717, 1.165) is 16.5 Å². The van der Waals surface area contributed by atoms with Crippen molar-refractivity contribution in [3.05, 3.63) is 107 Å². The van der Waals surface area contributed by atoms with Gasteiger partial charge in [-0.3, -0.25) is 4.79 Å². The van der Waals surface area contributed by atoms with Gasteiger partial charge in [0.25, 0.3) is 5.91 Å². The molecule has 154 valence electrons. The van der Waals surface area contributed by atoms with Crippen molar-refractivity contribution in [3.8, 4) is 0 Å². The quantitative estimate of drug-likeness (QED) is 0.448. The number of esters is 1. The summed E-state index contributed by atoms with van der Waals surface area (Å²) >= 11 is 0.